The van der Waals surface area contributed by atoms with E-state index < -0.39 is 0 Å². The molecule has 2 aliphatic heterocycles. The summed E-state index contributed by atoms with van der Waals surface area (Å²) in [6.07, 6.45) is 6.27. The van der Waals surface area contributed by atoms with Crippen molar-refractivity contribution >= 4 is 11.6 Å². The number of hydrogen-bond acceptors (Lipinski definition) is 2. The van der Waals surface area contributed by atoms with Crippen LogP contribution in [-0.2, 0) is 6.42 Å². The number of nitrogens with one attached hydrogen (secondary N) is 1. The Labute approximate surface area is 133 Å². The summed E-state index contributed by atoms with van der Waals surface area (Å²) in [6.45, 7) is 4.73. The summed E-state index contributed by atoms with van der Waals surface area (Å²) in [7, 11) is 2.21. The third kappa shape index (κ3) is 4.00. The molecule has 0 atom stereocenters. The van der Waals surface area contributed by atoms with Crippen LogP contribution in [0.5, 0.6) is 0 Å². The fourth-order valence-electron chi connectivity index (χ4n) is 3.77. The van der Waals surface area contributed by atoms with Crippen LogP contribution in [0.15, 0.2) is 18.2 Å². The van der Waals surface area contributed by atoms with E-state index in [1.54, 1.807) is 0 Å². The molecule has 116 valence electrons. The fourth-order valence-corrected chi connectivity index (χ4v) is 4.12. The number of hydrogen-bond donors (Lipinski definition) is 1. The largest absolute Gasteiger partial charge is 0.317 e. The summed E-state index contributed by atoms with van der Waals surface area (Å²) in [4.78, 5) is 2.41. The molecule has 0 radical (unpaired) electrons. The second kappa shape index (κ2) is 7.13. The molecule has 0 aromatic heterocycles. The van der Waals surface area contributed by atoms with Crippen LogP contribution in [0.4, 0.5) is 0 Å². The Morgan fingerprint density at radius 2 is 1.86 bits per heavy atom. The van der Waals surface area contributed by atoms with Gasteiger partial charge in [-0.2, -0.15) is 0 Å². The van der Waals surface area contributed by atoms with Crippen LogP contribution in [0.25, 0.3) is 0 Å². The van der Waals surface area contributed by atoms with Crippen molar-refractivity contribution < 1.29 is 0 Å². The molecule has 0 unspecified atom stereocenters. The van der Waals surface area contributed by atoms with E-state index in [2.05, 4.69) is 35.5 Å². The Morgan fingerprint density at radius 3 is 2.52 bits per heavy atom. The number of piperidine rings is 2. The highest BCUT2D eigenvalue weighted by atomic mass is 35.5. The zero-order chi connectivity index (χ0) is 14.7. The van der Waals surface area contributed by atoms with Gasteiger partial charge in [-0.15, -0.1) is 0 Å². The number of benzene rings is 1. The van der Waals surface area contributed by atoms with E-state index in [0.717, 1.165) is 10.9 Å². The number of nitrogens with zero attached hydrogens (tertiary/aromatic N) is 1. The van der Waals surface area contributed by atoms with E-state index in [9.17, 15) is 0 Å². The lowest BCUT2D eigenvalue weighted by molar-refractivity contribution is 0.255. The standard InChI is InChI=1S/C18H27ClN2/c1-21-10-6-16(7-11-21)17-3-2-15(13-18(17)19)12-14-4-8-20-9-5-14/h2-3,13-14,16,20H,4-12H2,1H3. The van der Waals surface area contributed by atoms with Gasteiger partial charge >= 0.3 is 0 Å². The van der Waals surface area contributed by atoms with Crippen molar-refractivity contribution in [3.63, 3.8) is 0 Å². The second-order valence-electron chi connectivity index (χ2n) is 6.83. The number of halogens is 1. The summed E-state index contributed by atoms with van der Waals surface area (Å²) in [5, 5.41) is 4.43. The van der Waals surface area contributed by atoms with Crippen LogP contribution < -0.4 is 5.32 Å². The van der Waals surface area contributed by atoms with Crippen LogP contribution in [0, 0.1) is 5.92 Å². The van der Waals surface area contributed by atoms with Gasteiger partial charge in [-0.25, -0.2) is 0 Å². The maximum Gasteiger partial charge on any atom is 0.0443 e. The van der Waals surface area contributed by atoms with E-state index in [0.29, 0.717) is 5.92 Å². The molecular formula is C18H27ClN2. The molecule has 0 spiro atoms. The monoisotopic (exact) mass is 306 g/mol. The average Bonchev–Trinajstić information content (AvgIpc) is 2.50. The van der Waals surface area contributed by atoms with Gasteiger partial charge in [0.1, 0.15) is 0 Å². The molecule has 1 aromatic carbocycles. The minimum absolute atomic E-state index is 0.654. The highest BCUT2D eigenvalue weighted by Gasteiger charge is 2.21. The van der Waals surface area contributed by atoms with Gasteiger partial charge in [-0.1, -0.05) is 23.7 Å². The molecule has 2 fully saturated rings. The minimum Gasteiger partial charge on any atom is -0.317 e. The van der Waals surface area contributed by atoms with Gasteiger partial charge in [-0.3, -0.25) is 0 Å². The highest BCUT2D eigenvalue weighted by molar-refractivity contribution is 6.31. The third-order valence-corrected chi connectivity index (χ3v) is 5.53. The van der Waals surface area contributed by atoms with Gasteiger partial charge in [0.05, 0.1) is 0 Å². The molecule has 0 aliphatic carbocycles. The van der Waals surface area contributed by atoms with Crippen LogP contribution in [0.2, 0.25) is 5.02 Å². The summed E-state index contributed by atoms with van der Waals surface area (Å²) in [5.41, 5.74) is 2.79. The van der Waals surface area contributed by atoms with Gasteiger partial charge in [0.15, 0.2) is 0 Å². The molecule has 1 N–H and O–H groups in total. The molecule has 21 heavy (non-hydrogen) atoms. The first-order chi connectivity index (χ1) is 10.2. The van der Waals surface area contributed by atoms with Crippen molar-refractivity contribution in [1.29, 1.82) is 0 Å². The zero-order valence-corrected chi connectivity index (χ0v) is 13.8. The SMILES string of the molecule is CN1CCC(c2ccc(CC3CCNCC3)cc2Cl)CC1. The lowest BCUT2D eigenvalue weighted by Crippen LogP contribution is -2.29. The van der Waals surface area contributed by atoms with Crippen LogP contribution >= 0.6 is 11.6 Å². The lowest BCUT2D eigenvalue weighted by atomic mass is 9.87. The van der Waals surface area contributed by atoms with E-state index in [-0.39, 0.29) is 0 Å². The first-order valence-corrected chi connectivity index (χ1v) is 8.78. The van der Waals surface area contributed by atoms with Gasteiger partial charge in [-0.05, 0) is 94.4 Å². The topological polar surface area (TPSA) is 15.3 Å². The van der Waals surface area contributed by atoms with Gasteiger partial charge in [0, 0.05) is 5.02 Å². The molecule has 0 amide bonds. The average molecular weight is 307 g/mol. The Morgan fingerprint density at radius 1 is 1.14 bits per heavy atom. The van der Waals surface area contributed by atoms with Gasteiger partial charge in [0.2, 0.25) is 0 Å². The first kappa shape index (κ1) is 15.3. The normalized spacial score (nSPS) is 22.6. The summed E-state index contributed by atoms with van der Waals surface area (Å²) in [6, 6.07) is 6.85. The van der Waals surface area contributed by atoms with E-state index in [1.807, 2.05) is 0 Å². The van der Waals surface area contributed by atoms with Crippen LogP contribution in [0.1, 0.15) is 42.7 Å². The first-order valence-electron chi connectivity index (χ1n) is 8.40. The molecule has 3 heteroatoms. The zero-order valence-electron chi connectivity index (χ0n) is 13.1. The second-order valence-corrected chi connectivity index (χ2v) is 7.24. The molecule has 0 bridgehead atoms. The van der Waals surface area contributed by atoms with E-state index in [1.165, 1.54) is 69.4 Å². The number of likely N-dealkylation sites (tertiary alicyclic amines) is 1. The molecular weight excluding hydrogens is 280 g/mol. The Balaban J connectivity index is 1.64. The third-order valence-electron chi connectivity index (χ3n) is 5.21. The van der Waals surface area contributed by atoms with Crippen molar-refractivity contribution in [3.05, 3.63) is 34.3 Å². The maximum absolute atomic E-state index is 6.59. The molecule has 1 aromatic rings. The quantitative estimate of drug-likeness (QED) is 0.916. The minimum atomic E-state index is 0.654. The lowest BCUT2D eigenvalue weighted by Gasteiger charge is -2.30. The van der Waals surface area contributed by atoms with Crippen molar-refractivity contribution in [3.8, 4) is 0 Å². The Hall–Kier alpha value is -0.570. The van der Waals surface area contributed by atoms with Gasteiger partial charge in [0.25, 0.3) is 0 Å². The smallest absolute Gasteiger partial charge is 0.0443 e. The van der Waals surface area contributed by atoms with Crippen molar-refractivity contribution in [1.82, 2.24) is 10.2 Å². The summed E-state index contributed by atoms with van der Waals surface area (Å²) < 4.78 is 0. The number of rotatable bonds is 3. The Bertz CT molecular complexity index is 460. The van der Waals surface area contributed by atoms with Gasteiger partial charge < -0.3 is 10.2 Å². The Kier molecular flexibility index (Phi) is 5.20. The fraction of sp³-hybridized carbons (Fsp3) is 0.667. The maximum atomic E-state index is 6.59. The van der Waals surface area contributed by atoms with Crippen molar-refractivity contribution in [2.75, 3.05) is 33.2 Å². The molecule has 2 aliphatic rings. The van der Waals surface area contributed by atoms with Crippen LogP contribution in [0.3, 0.4) is 0 Å². The molecule has 2 heterocycles. The van der Waals surface area contributed by atoms with E-state index in [4.69, 9.17) is 11.6 Å². The van der Waals surface area contributed by atoms with Crippen LogP contribution in [-0.4, -0.2) is 38.1 Å². The predicted molar refractivity (Wildman–Crippen MR) is 90.2 cm³/mol. The predicted octanol–water partition coefficient (Wildman–Crippen LogP) is 3.69. The molecule has 2 nitrogen and oxygen atoms in total. The molecule has 0 saturated carbocycles. The van der Waals surface area contributed by atoms with E-state index >= 15 is 0 Å². The van der Waals surface area contributed by atoms with Crippen molar-refractivity contribution in [2.45, 2.75) is 38.0 Å². The molecule has 3 rings (SSSR count). The summed E-state index contributed by atoms with van der Waals surface area (Å²) >= 11 is 6.59. The van der Waals surface area contributed by atoms with Crippen molar-refractivity contribution in [2.24, 2.45) is 5.92 Å². The summed E-state index contributed by atoms with van der Waals surface area (Å²) in [5.74, 6) is 1.48. The highest BCUT2D eigenvalue weighted by Crippen LogP contribution is 2.33. The molecule has 2 saturated heterocycles.